The monoisotopic (exact) mass is 311 g/mol. The topological polar surface area (TPSA) is 46.2 Å². The summed E-state index contributed by atoms with van der Waals surface area (Å²) >= 11 is 5.95. The van der Waals surface area contributed by atoms with E-state index in [4.69, 9.17) is 17.3 Å². The molecule has 0 saturated heterocycles. The third kappa shape index (κ3) is 3.40. The lowest BCUT2D eigenvalue weighted by molar-refractivity contribution is 0.145. The maximum Gasteiger partial charge on any atom is 0.129 e. The van der Waals surface area contributed by atoms with Crippen molar-refractivity contribution in [1.29, 1.82) is 0 Å². The molecule has 2 aromatic carbocycles. The molecule has 2 atom stereocenters. The van der Waals surface area contributed by atoms with Gasteiger partial charge >= 0.3 is 0 Å². The van der Waals surface area contributed by atoms with Crippen molar-refractivity contribution in [2.24, 2.45) is 5.73 Å². The van der Waals surface area contributed by atoms with Crippen LogP contribution in [0.25, 0.3) is 0 Å². The molecule has 5 heteroatoms. The first-order chi connectivity index (χ1) is 9.93. The van der Waals surface area contributed by atoms with Gasteiger partial charge in [0.25, 0.3) is 0 Å². The van der Waals surface area contributed by atoms with E-state index in [-0.39, 0.29) is 12.1 Å². The van der Waals surface area contributed by atoms with E-state index >= 15 is 0 Å². The molecule has 21 heavy (non-hydrogen) atoms. The molecule has 0 bridgehead atoms. The van der Waals surface area contributed by atoms with Gasteiger partial charge in [-0.1, -0.05) is 29.8 Å². The average Bonchev–Trinajstić information content (AvgIpc) is 2.44. The number of aliphatic hydroxyl groups is 1. The smallest absolute Gasteiger partial charge is 0.129 e. The standard InChI is InChI=1S/C16H16ClF2NO/c1-9-6-10(2-5-14(9)17)16(21)13(8-20)12-4-3-11(18)7-15(12)19/h2-7,13,16,21H,8,20H2,1H3. The molecular formula is C16H16ClF2NO. The maximum absolute atomic E-state index is 13.9. The van der Waals surface area contributed by atoms with Crippen LogP contribution in [0.15, 0.2) is 36.4 Å². The average molecular weight is 312 g/mol. The Kier molecular flexibility index (Phi) is 4.93. The minimum atomic E-state index is -0.995. The Balaban J connectivity index is 2.37. The SMILES string of the molecule is Cc1cc(C(O)C(CN)c2ccc(F)cc2F)ccc1Cl. The lowest BCUT2D eigenvalue weighted by Crippen LogP contribution is -2.21. The summed E-state index contributed by atoms with van der Waals surface area (Å²) in [5.41, 5.74) is 7.27. The van der Waals surface area contributed by atoms with Crippen molar-refractivity contribution in [1.82, 2.24) is 0 Å². The number of hydrogen-bond acceptors (Lipinski definition) is 2. The lowest BCUT2D eigenvalue weighted by atomic mass is 9.88. The maximum atomic E-state index is 13.9. The summed E-state index contributed by atoms with van der Waals surface area (Å²) in [4.78, 5) is 0. The first-order valence-corrected chi connectivity index (χ1v) is 6.91. The Labute approximate surface area is 127 Å². The number of aliphatic hydroxyl groups excluding tert-OH is 1. The van der Waals surface area contributed by atoms with Crippen molar-refractivity contribution < 1.29 is 13.9 Å². The summed E-state index contributed by atoms with van der Waals surface area (Å²) in [5, 5.41) is 11.0. The van der Waals surface area contributed by atoms with E-state index in [1.807, 2.05) is 6.92 Å². The van der Waals surface area contributed by atoms with Crippen LogP contribution < -0.4 is 5.73 Å². The number of nitrogens with two attached hydrogens (primary N) is 1. The summed E-state index contributed by atoms with van der Waals surface area (Å²) in [6.07, 6.45) is -0.995. The summed E-state index contributed by atoms with van der Waals surface area (Å²) in [6, 6.07) is 8.33. The summed E-state index contributed by atoms with van der Waals surface area (Å²) < 4.78 is 26.9. The fourth-order valence-corrected chi connectivity index (χ4v) is 2.43. The molecule has 112 valence electrons. The second kappa shape index (κ2) is 6.52. The lowest BCUT2D eigenvalue weighted by Gasteiger charge is -2.23. The normalized spacial score (nSPS) is 14.0. The van der Waals surface area contributed by atoms with Crippen LogP contribution in [0.2, 0.25) is 5.02 Å². The van der Waals surface area contributed by atoms with Gasteiger partial charge in [0, 0.05) is 23.6 Å². The van der Waals surface area contributed by atoms with E-state index in [1.54, 1.807) is 18.2 Å². The highest BCUT2D eigenvalue weighted by molar-refractivity contribution is 6.31. The minimum absolute atomic E-state index is 0.0331. The molecule has 0 aliphatic rings. The molecule has 0 heterocycles. The molecular weight excluding hydrogens is 296 g/mol. The molecule has 2 unspecified atom stereocenters. The highest BCUT2D eigenvalue weighted by atomic mass is 35.5. The van der Waals surface area contributed by atoms with E-state index in [0.29, 0.717) is 10.6 Å². The van der Waals surface area contributed by atoms with Gasteiger partial charge in [0.1, 0.15) is 11.6 Å². The molecule has 3 N–H and O–H groups in total. The van der Waals surface area contributed by atoms with Crippen LogP contribution in [0.4, 0.5) is 8.78 Å². The molecule has 2 rings (SSSR count). The third-order valence-corrected chi connectivity index (χ3v) is 3.94. The zero-order chi connectivity index (χ0) is 15.6. The van der Waals surface area contributed by atoms with Gasteiger partial charge in [-0.05, 0) is 35.7 Å². The van der Waals surface area contributed by atoms with Crippen molar-refractivity contribution in [2.75, 3.05) is 6.54 Å². The molecule has 0 aromatic heterocycles. The van der Waals surface area contributed by atoms with Crippen LogP contribution in [0.3, 0.4) is 0 Å². The number of hydrogen-bond donors (Lipinski definition) is 2. The summed E-state index contributed by atoms with van der Waals surface area (Å²) in [6.45, 7) is 1.85. The summed E-state index contributed by atoms with van der Waals surface area (Å²) in [5.74, 6) is -2.04. The number of halogens is 3. The van der Waals surface area contributed by atoms with E-state index in [2.05, 4.69) is 0 Å². The van der Waals surface area contributed by atoms with Gasteiger partial charge in [0.05, 0.1) is 6.10 Å². The Morgan fingerprint density at radius 3 is 2.48 bits per heavy atom. The quantitative estimate of drug-likeness (QED) is 0.904. The summed E-state index contributed by atoms with van der Waals surface area (Å²) in [7, 11) is 0. The van der Waals surface area contributed by atoms with Crippen LogP contribution in [-0.2, 0) is 0 Å². The predicted octanol–water partition coefficient (Wildman–Crippen LogP) is 3.70. The van der Waals surface area contributed by atoms with Crippen LogP contribution in [0.5, 0.6) is 0 Å². The Hall–Kier alpha value is -1.49. The van der Waals surface area contributed by atoms with Gasteiger partial charge in [-0.25, -0.2) is 8.78 Å². The zero-order valence-electron chi connectivity index (χ0n) is 11.5. The molecule has 0 aliphatic carbocycles. The molecule has 0 spiro atoms. The predicted molar refractivity (Wildman–Crippen MR) is 79.3 cm³/mol. The van der Waals surface area contributed by atoms with Gasteiger partial charge in [0.15, 0.2) is 0 Å². The number of rotatable bonds is 4. The van der Waals surface area contributed by atoms with Crippen molar-refractivity contribution in [3.63, 3.8) is 0 Å². The van der Waals surface area contributed by atoms with Gasteiger partial charge in [-0.3, -0.25) is 0 Å². The first kappa shape index (κ1) is 15.9. The highest BCUT2D eigenvalue weighted by Crippen LogP contribution is 2.33. The molecule has 0 radical (unpaired) electrons. The Bertz CT molecular complexity index is 648. The van der Waals surface area contributed by atoms with E-state index in [0.717, 1.165) is 17.7 Å². The minimum Gasteiger partial charge on any atom is -0.388 e. The first-order valence-electron chi connectivity index (χ1n) is 6.53. The zero-order valence-corrected chi connectivity index (χ0v) is 12.2. The van der Waals surface area contributed by atoms with Gasteiger partial charge in [-0.15, -0.1) is 0 Å². The van der Waals surface area contributed by atoms with E-state index < -0.39 is 23.7 Å². The molecule has 0 amide bonds. The molecule has 2 nitrogen and oxygen atoms in total. The van der Waals surface area contributed by atoms with Crippen LogP contribution in [0, 0.1) is 18.6 Å². The Morgan fingerprint density at radius 2 is 1.90 bits per heavy atom. The number of aryl methyl sites for hydroxylation is 1. The molecule has 0 saturated carbocycles. The van der Waals surface area contributed by atoms with Gasteiger partial charge < -0.3 is 10.8 Å². The van der Waals surface area contributed by atoms with E-state index in [9.17, 15) is 13.9 Å². The Morgan fingerprint density at radius 1 is 1.19 bits per heavy atom. The highest BCUT2D eigenvalue weighted by Gasteiger charge is 2.24. The third-order valence-electron chi connectivity index (χ3n) is 3.52. The second-order valence-corrected chi connectivity index (χ2v) is 5.37. The second-order valence-electron chi connectivity index (χ2n) is 4.96. The van der Waals surface area contributed by atoms with Gasteiger partial charge in [-0.2, -0.15) is 0 Å². The molecule has 0 aliphatic heterocycles. The fourth-order valence-electron chi connectivity index (χ4n) is 2.31. The van der Waals surface area contributed by atoms with E-state index in [1.165, 1.54) is 6.07 Å². The van der Waals surface area contributed by atoms with Gasteiger partial charge in [0.2, 0.25) is 0 Å². The molecule has 0 fully saturated rings. The van der Waals surface area contributed by atoms with Crippen molar-refractivity contribution in [3.8, 4) is 0 Å². The fraction of sp³-hybridized carbons (Fsp3) is 0.250. The van der Waals surface area contributed by atoms with Crippen LogP contribution >= 0.6 is 11.6 Å². The van der Waals surface area contributed by atoms with Crippen molar-refractivity contribution in [3.05, 3.63) is 69.7 Å². The van der Waals surface area contributed by atoms with Crippen LogP contribution in [0.1, 0.15) is 28.7 Å². The van der Waals surface area contributed by atoms with Crippen molar-refractivity contribution in [2.45, 2.75) is 18.9 Å². The molecule has 2 aromatic rings. The van der Waals surface area contributed by atoms with Crippen molar-refractivity contribution >= 4 is 11.6 Å². The van der Waals surface area contributed by atoms with Crippen LogP contribution in [-0.4, -0.2) is 11.7 Å². The largest absolute Gasteiger partial charge is 0.388 e. The number of benzene rings is 2.